The van der Waals surface area contributed by atoms with Crippen molar-refractivity contribution >= 4 is 11.6 Å². The first-order valence-electron chi connectivity index (χ1n) is 5.46. The van der Waals surface area contributed by atoms with Crippen molar-refractivity contribution < 1.29 is 4.79 Å². The third kappa shape index (κ3) is 2.69. The number of nitrogens with zero attached hydrogens (tertiary/aromatic N) is 1. The van der Waals surface area contributed by atoms with Gasteiger partial charge in [0.25, 0.3) is 0 Å². The highest BCUT2D eigenvalue weighted by Gasteiger charge is 2.09. The maximum Gasteiger partial charge on any atom is 0.167 e. The Labute approximate surface area is 100 Å². The number of carbonyl (C=O) groups is 1. The number of rotatable bonds is 3. The first kappa shape index (κ1) is 11.3. The van der Waals surface area contributed by atoms with E-state index in [1.165, 1.54) is 0 Å². The van der Waals surface area contributed by atoms with E-state index in [9.17, 15) is 4.79 Å². The zero-order valence-electron chi connectivity index (χ0n) is 9.68. The molecule has 3 nitrogen and oxygen atoms in total. The quantitative estimate of drug-likeness (QED) is 0.817. The molecule has 17 heavy (non-hydrogen) atoms. The summed E-state index contributed by atoms with van der Waals surface area (Å²) >= 11 is 0. The molecular weight excluding hydrogens is 212 g/mol. The Hall–Kier alpha value is -2.16. The lowest BCUT2D eigenvalue weighted by Crippen LogP contribution is -2.06. The molecule has 1 heterocycles. The maximum atomic E-state index is 12.1. The molecule has 0 saturated heterocycles. The van der Waals surface area contributed by atoms with Gasteiger partial charge in [0.05, 0.1) is 0 Å². The van der Waals surface area contributed by atoms with Crippen molar-refractivity contribution in [1.29, 1.82) is 0 Å². The van der Waals surface area contributed by atoms with Gasteiger partial charge in [0.15, 0.2) is 5.78 Å². The highest BCUT2D eigenvalue weighted by molar-refractivity contribution is 5.98. The molecule has 0 radical (unpaired) electrons. The van der Waals surface area contributed by atoms with Gasteiger partial charge in [-0.05, 0) is 30.2 Å². The highest BCUT2D eigenvalue weighted by atomic mass is 16.1. The van der Waals surface area contributed by atoms with Gasteiger partial charge < -0.3 is 5.73 Å². The molecule has 86 valence electrons. The number of hydrogen-bond donors (Lipinski definition) is 1. The Kier molecular flexibility index (Phi) is 3.19. The Morgan fingerprint density at radius 1 is 1.29 bits per heavy atom. The van der Waals surface area contributed by atoms with Crippen molar-refractivity contribution in [1.82, 2.24) is 4.98 Å². The minimum atomic E-state index is 0.105. The number of benzene rings is 1. The molecule has 1 aromatic carbocycles. The van der Waals surface area contributed by atoms with Gasteiger partial charge in [-0.15, -0.1) is 0 Å². The average Bonchev–Trinajstić information content (AvgIpc) is 2.29. The number of anilines is 1. The molecule has 2 N–H and O–H groups in total. The molecule has 3 heteroatoms. The van der Waals surface area contributed by atoms with Crippen LogP contribution in [0, 0.1) is 6.92 Å². The topological polar surface area (TPSA) is 56.0 Å². The van der Waals surface area contributed by atoms with E-state index in [1.807, 2.05) is 37.3 Å². The number of nitrogens with two attached hydrogens (primary N) is 1. The smallest absolute Gasteiger partial charge is 0.167 e. The van der Waals surface area contributed by atoms with E-state index in [4.69, 9.17) is 5.73 Å². The fraction of sp³-hybridized carbons (Fsp3) is 0.143. The van der Waals surface area contributed by atoms with Gasteiger partial charge in [0.2, 0.25) is 0 Å². The normalized spacial score (nSPS) is 10.2. The van der Waals surface area contributed by atoms with Crippen molar-refractivity contribution in [3.63, 3.8) is 0 Å². The molecule has 0 bridgehead atoms. The van der Waals surface area contributed by atoms with E-state index in [-0.39, 0.29) is 5.78 Å². The Morgan fingerprint density at radius 2 is 2.06 bits per heavy atom. The molecular formula is C14H14N2O. The summed E-state index contributed by atoms with van der Waals surface area (Å²) in [6, 6.07) is 11.1. The number of nitrogen functional groups attached to an aromatic ring is 1. The van der Waals surface area contributed by atoms with Crippen LogP contribution in [0.5, 0.6) is 0 Å². The fourth-order valence-electron chi connectivity index (χ4n) is 1.77. The van der Waals surface area contributed by atoms with Crippen molar-refractivity contribution in [2.45, 2.75) is 13.3 Å². The van der Waals surface area contributed by atoms with Gasteiger partial charge in [-0.2, -0.15) is 0 Å². The number of Topliss-reactive ketones (excluding diaryl/α,β-unsaturated/α-hetero) is 1. The predicted octanol–water partition coefficient (Wildman–Crippen LogP) is 2.40. The van der Waals surface area contributed by atoms with Crippen molar-refractivity contribution in [2.75, 3.05) is 5.73 Å². The number of ketones is 1. The van der Waals surface area contributed by atoms with Crippen LogP contribution in [0.25, 0.3) is 0 Å². The maximum absolute atomic E-state index is 12.1. The van der Waals surface area contributed by atoms with Gasteiger partial charge in [0.1, 0.15) is 5.82 Å². The second kappa shape index (κ2) is 4.78. The highest BCUT2D eigenvalue weighted by Crippen LogP contribution is 2.12. The molecule has 0 spiro atoms. The van der Waals surface area contributed by atoms with Gasteiger partial charge in [-0.3, -0.25) is 4.79 Å². The van der Waals surface area contributed by atoms with Gasteiger partial charge in [-0.25, -0.2) is 4.98 Å². The third-order valence-electron chi connectivity index (χ3n) is 2.66. The summed E-state index contributed by atoms with van der Waals surface area (Å²) in [5.41, 5.74) is 8.24. The van der Waals surface area contributed by atoms with E-state index in [0.717, 1.165) is 16.7 Å². The van der Waals surface area contributed by atoms with Gasteiger partial charge in [-0.1, -0.05) is 24.3 Å². The second-order valence-corrected chi connectivity index (χ2v) is 4.00. The summed E-state index contributed by atoms with van der Waals surface area (Å²) in [4.78, 5) is 16.0. The molecule has 0 saturated carbocycles. The van der Waals surface area contributed by atoms with E-state index >= 15 is 0 Å². The molecule has 0 unspecified atom stereocenters. The minimum Gasteiger partial charge on any atom is -0.384 e. The molecule has 1 aromatic heterocycles. The average molecular weight is 226 g/mol. The summed E-state index contributed by atoms with van der Waals surface area (Å²) in [5.74, 6) is 0.550. The molecule has 0 aliphatic carbocycles. The Bertz CT molecular complexity index is 549. The van der Waals surface area contributed by atoms with Crippen LogP contribution in [-0.2, 0) is 6.42 Å². The second-order valence-electron chi connectivity index (χ2n) is 4.00. The van der Waals surface area contributed by atoms with Crippen LogP contribution >= 0.6 is 0 Å². The van der Waals surface area contributed by atoms with Crippen LogP contribution in [0.4, 0.5) is 5.82 Å². The molecule has 0 atom stereocenters. The first-order valence-corrected chi connectivity index (χ1v) is 5.46. The molecule has 0 amide bonds. The lowest BCUT2D eigenvalue weighted by molar-refractivity contribution is 0.0992. The summed E-state index contributed by atoms with van der Waals surface area (Å²) in [6.07, 6.45) is 1.98. The number of carbonyl (C=O) groups excluding carboxylic acids is 1. The number of aryl methyl sites for hydroxylation is 1. The van der Waals surface area contributed by atoms with Crippen LogP contribution in [-0.4, -0.2) is 10.8 Å². The van der Waals surface area contributed by atoms with Crippen LogP contribution in [0.1, 0.15) is 21.5 Å². The summed E-state index contributed by atoms with van der Waals surface area (Å²) in [6.45, 7) is 1.94. The lowest BCUT2D eigenvalue weighted by Gasteiger charge is -2.05. The van der Waals surface area contributed by atoms with E-state index in [1.54, 1.807) is 12.3 Å². The van der Waals surface area contributed by atoms with Crippen LogP contribution < -0.4 is 5.73 Å². The summed E-state index contributed by atoms with van der Waals surface area (Å²) in [7, 11) is 0. The SMILES string of the molecule is Cc1ccccc1C(=O)Cc1ccnc(N)c1. The van der Waals surface area contributed by atoms with Crippen molar-refractivity contribution in [3.05, 3.63) is 59.3 Å². The molecule has 0 fully saturated rings. The van der Waals surface area contributed by atoms with Gasteiger partial charge in [0, 0.05) is 18.2 Å². The Balaban J connectivity index is 2.20. The van der Waals surface area contributed by atoms with E-state index in [2.05, 4.69) is 4.98 Å². The third-order valence-corrected chi connectivity index (χ3v) is 2.66. The standard InChI is InChI=1S/C14H14N2O/c1-10-4-2-3-5-12(10)13(17)8-11-6-7-16-14(15)9-11/h2-7,9H,8H2,1H3,(H2,15,16). The number of pyridine rings is 1. The number of aromatic nitrogens is 1. The van der Waals surface area contributed by atoms with Crippen LogP contribution in [0.2, 0.25) is 0 Å². The van der Waals surface area contributed by atoms with E-state index in [0.29, 0.717) is 12.2 Å². The van der Waals surface area contributed by atoms with Crippen LogP contribution in [0.3, 0.4) is 0 Å². The number of hydrogen-bond acceptors (Lipinski definition) is 3. The largest absolute Gasteiger partial charge is 0.384 e. The van der Waals surface area contributed by atoms with Crippen molar-refractivity contribution in [2.24, 2.45) is 0 Å². The van der Waals surface area contributed by atoms with E-state index < -0.39 is 0 Å². The van der Waals surface area contributed by atoms with Crippen molar-refractivity contribution in [3.8, 4) is 0 Å². The molecule has 2 rings (SSSR count). The fourth-order valence-corrected chi connectivity index (χ4v) is 1.77. The zero-order valence-corrected chi connectivity index (χ0v) is 9.68. The predicted molar refractivity (Wildman–Crippen MR) is 67.9 cm³/mol. The van der Waals surface area contributed by atoms with Gasteiger partial charge >= 0.3 is 0 Å². The van der Waals surface area contributed by atoms with Crippen LogP contribution in [0.15, 0.2) is 42.6 Å². The lowest BCUT2D eigenvalue weighted by atomic mass is 10.00. The monoisotopic (exact) mass is 226 g/mol. The molecule has 2 aromatic rings. The Morgan fingerprint density at radius 3 is 2.76 bits per heavy atom. The first-order chi connectivity index (χ1) is 8.16. The zero-order chi connectivity index (χ0) is 12.3. The minimum absolute atomic E-state index is 0.105. The summed E-state index contributed by atoms with van der Waals surface area (Å²) in [5, 5.41) is 0. The molecule has 0 aliphatic rings. The summed E-state index contributed by atoms with van der Waals surface area (Å²) < 4.78 is 0. The molecule has 0 aliphatic heterocycles.